The van der Waals surface area contributed by atoms with E-state index in [1.54, 1.807) is 0 Å². The second-order valence-electron chi connectivity index (χ2n) is 30.1. The number of carbonyl (C=O) groups is 4. The van der Waals surface area contributed by atoms with Crippen molar-refractivity contribution in [2.45, 2.75) is 445 Å². The van der Waals surface area contributed by atoms with Crippen LogP contribution in [0, 0.1) is 11.8 Å². The van der Waals surface area contributed by atoms with Crippen molar-refractivity contribution in [3.05, 3.63) is 0 Å². The standard InChI is InChI=1S/C81H158O17P2/c1-7-9-11-13-15-17-19-21-23-24-25-27-29-35-41-48-54-60-66-81(86)97-76(69-91-78(83)63-57-51-45-39-33-31-30-32-37-43-49-55-61-73(3)4)71-95-99(87,88)93-67-75(82)68-94-100(89,90)96-72-77(70-92-79(84)64-58-52-46-42-36-38-44-50-56-62-74(5)6)98-80(85)65-59-53-47-40-34-28-26-22-20-18-16-14-12-10-8-2/h73-77,82H,7-72H2,1-6H3,(H,87,88)(H,89,90)/t75-,76-,77-/m1/s1. The number of esters is 4. The Morgan fingerprint density at radius 3 is 0.680 bits per heavy atom. The Hall–Kier alpha value is -1.94. The molecule has 0 amide bonds. The van der Waals surface area contributed by atoms with Crippen LogP contribution in [0.2, 0.25) is 0 Å². The summed E-state index contributed by atoms with van der Waals surface area (Å²) in [5.74, 6) is -0.581. The van der Waals surface area contributed by atoms with Gasteiger partial charge in [0.05, 0.1) is 26.4 Å². The lowest BCUT2D eigenvalue weighted by Gasteiger charge is -2.21. The molecule has 3 N–H and O–H groups in total. The first-order valence-electron chi connectivity index (χ1n) is 42.0. The van der Waals surface area contributed by atoms with E-state index >= 15 is 0 Å². The molecule has 0 fully saturated rings. The first kappa shape index (κ1) is 98.1. The lowest BCUT2D eigenvalue weighted by Crippen LogP contribution is -2.30. The molecule has 0 radical (unpaired) electrons. The van der Waals surface area contributed by atoms with Crippen LogP contribution in [0.25, 0.3) is 0 Å². The second-order valence-corrected chi connectivity index (χ2v) is 33.0. The van der Waals surface area contributed by atoms with Crippen molar-refractivity contribution < 1.29 is 80.2 Å². The fraction of sp³-hybridized carbons (Fsp3) is 0.951. The number of hydrogen-bond acceptors (Lipinski definition) is 15. The van der Waals surface area contributed by atoms with Crippen LogP contribution in [0.3, 0.4) is 0 Å². The van der Waals surface area contributed by atoms with Crippen molar-refractivity contribution >= 4 is 39.5 Å². The number of hydrogen-bond donors (Lipinski definition) is 3. The van der Waals surface area contributed by atoms with Gasteiger partial charge in [-0.2, -0.15) is 0 Å². The molecule has 0 aliphatic rings. The van der Waals surface area contributed by atoms with Gasteiger partial charge < -0.3 is 33.8 Å². The summed E-state index contributed by atoms with van der Waals surface area (Å²) in [5.41, 5.74) is 0. The van der Waals surface area contributed by atoms with Gasteiger partial charge in [0.1, 0.15) is 19.3 Å². The van der Waals surface area contributed by atoms with E-state index in [2.05, 4.69) is 41.5 Å². The van der Waals surface area contributed by atoms with Crippen LogP contribution in [-0.2, 0) is 65.4 Å². The second kappa shape index (κ2) is 72.6. The highest BCUT2D eigenvalue weighted by molar-refractivity contribution is 7.47. The molecule has 0 aromatic carbocycles. The Morgan fingerprint density at radius 2 is 0.460 bits per heavy atom. The minimum Gasteiger partial charge on any atom is -0.462 e. The maximum absolute atomic E-state index is 13.1. The number of unbranched alkanes of at least 4 members (excludes halogenated alkanes) is 50. The highest BCUT2D eigenvalue weighted by Gasteiger charge is 2.30. The van der Waals surface area contributed by atoms with E-state index in [9.17, 15) is 43.2 Å². The lowest BCUT2D eigenvalue weighted by molar-refractivity contribution is -0.161. The van der Waals surface area contributed by atoms with E-state index in [1.165, 1.54) is 244 Å². The molecule has 100 heavy (non-hydrogen) atoms. The lowest BCUT2D eigenvalue weighted by atomic mass is 10.0. The first-order valence-corrected chi connectivity index (χ1v) is 45.0. The molecule has 2 unspecified atom stereocenters. The predicted octanol–water partition coefficient (Wildman–Crippen LogP) is 24.3. The van der Waals surface area contributed by atoms with Crippen molar-refractivity contribution in [1.82, 2.24) is 0 Å². The van der Waals surface area contributed by atoms with Gasteiger partial charge in [-0.25, -0.2) is 9.13 Å². The highest BCUT2D eigenvalue weighted by Crippen LogP contribution is 2.45. The normalized spacial score (nSPS) is 13.9. The quantitative estimate of drug-likeness (QED) is 0.0222. The Bertz CT molecular complexity index is 1920. The van der Waals surface area contributed by atoms with Gasteiger partial charge in [-0.1, -0.05) is 375 Å². The van der Waals surface area contributed by atoms with Gasteiger partial charge in [0.2, 0.25) is 0 Å². The van der Waals surface area contributed by atoms with Crippen LogP contribution < -0.4 is 0 Å². The van der Waals surface area contributed by atoms with Gasteiger partial charge >= 0.3 is 39.5 Å². The van der Waals surface area contributed by atoms with Gasteiger partial charge in [-0.15, -0.1) is 0 Å². The average Bonchev–Trinajstić information content (AvgIpc) is 0.920. The van der Waals surface area contributed by atoms with Gasteiger partial charge in [0.25, 0.3) is 0 Å². The van der Waals surface area contributed by atoms with Crippen LogP contribution in [0.15, 0.2) is 0 Å². The zero-order valence-electron chi connectivity index (χ0n) is 65.5. The van der Waals surface area contributed by atoms with E-state index in [1.807, 2.05) is 0 Å². The van der Waals surface area contributed by atoms with E-state index < -0.39 is 97.5 Å². The molecular formula is C81H158O17P2. The smallest absolute Gasteiger partial charge is 0.462 e. The van der Waals surface area contributed by atoms with E-state index in [-0.39, 0.29) is 25.7 Å². The molecule has 0 saturated heterocycles. The SMILES string of the molecule is CCCCCCCCCCCCCCCCCCCCC(=O)O[C@H](COC(=O)CCCCCCCCCCCCCCC(C)C)COP(=O)(O)OC[C@@H](O)COP(=O)(O)OC[C@@H](COC(=O)CCCCCCCCCCCC(C)C)OC(=O)CCCCCCCCCCCCCCCCC. The Kier molecular flexibility index (Phi) is 71.2. The van der Waals surface area contributed by atoms with E-state index in [0.29, 0.717) is 25.7 Å². The maximum atomic E-state index is 13.1. The average molecular weight is 1470 g/mol. The number of ether oxygens (including phenoxy) is 4. The minimum atomic E-state index is -4.96. The molecule has 0 rings (SSSR count). The Balaban J connectivity index is 5.26. The number of aliphatic hydroxyl groups excluding tert-OH is 1. The summed E-state index contributed by atoms with van der Waals surface area (Å²) in [6.45, 7) is 9.64. The van der Waals surface area contributed by atoms with Gasteiger partial charge in [-0.3, -0.25) is 37.3 Å². The Morgan fingerprint density at radius 1 is 0.270 bits per heavy atom. The number of rotatable bonds is 80. The van der Waals surface area contributed by atoms with Gasteiger partial charge in [-0.05, 0) is 37.5 Å². The van der Waals surface area contributed by atoms with Crippen LogP contribution in [0.1, 0.15) is 427 Å². The molecule has 0 spiro atoms. The molecule has 0 saturated carbocycles. The summed E-state index contributed by atoms with van der Waals surface area (Å²) in [5, 5.41) is 10.6. The molecule has 0 aromatic heterocycles. The molecule has 19 heteroatoms. The summed E-state index contributed by atoms with van der Waals surface area (Å²) >= 11 is 0. The van der Waals surface area contributed by atoms with Crippen LogP contribution >= 0.6 is 15.6 Å². The van der Waals surface area contributed by atoms with E-state index in [4.69, 9.17) is 37.0 Å². The van der Waals surface area contributed by atoms with Gasteiger partial charge in [0, 0.05) is 25.7 Å². The summed E-state index contributed by atoms with van der Waals surface area (Å²) in [6.07, 6.45) is 62.3. The van der Waals surface area contributed by atoms with Crippen LogP contribution in [0.4, 0.5) is 0 Å². The molecule has 0 aliphatic heterocycles. The number of aliphatic hydroxyl groups is 1. The van der Waals surface area contributed by atoms with Crippen LogP contribution in [0.5, 0.6) is 0 Å². The maximum Gasteiger partial charge on any atom is 0.472 e. The van der Waals surface area contributed by atoms with Crippen LogP contribution in [-0.4, -0.2) is 96.7 Å². The van der Waals surface area contributed by atoms with Gasteiger partial charge in [0.15, 0.2) is 12.2 Å². The molecule has 0 aliphatic carbocycles. The monoisotopic (exact) mass is 1470 g/mol. The topological polar surface area (TPSA) is 237 Å². The third kappa shape index (κ3) is 74.3. The molecular weight excluding hydrogens is 1310 g/mol. The third-order valence-corrected chi connectivity index (χ3v) is 20.9. The predicted molar refractivity (Wildman–Crippen MR) is 409 cm³/mol. The Labute approximate surface area is 613 Å². The zero-order chi connectivity index (χ0) is 73.5. The fourth-order valence-corrected chi connectivity index (χ4v) is 14.1. The third-order valence-electron chi connectivity index (χ3n) is 19.0. The zero-order valence-corrected chi connectivity index (χ0v) is 67.3. The summed E-state index contributed by atoms with van der Waals surface area (Å²) in [6, 6.07) is 0. The molecule has 594 valence electrons. The molecule has 0 aromatic rings. The molecule has 0 bridgehead atoms. The summed E-state index contributed by atoms with van der Waals surface area (Å²) < 4.78 is 68.8. The van der Waals surface area contributed by atoms with Crippen molar-refractivity contribution in [2.24, 2.45) is 11.8 Å². The van der Waals surface area contributed by atoms with Crippen molar-refractivity contribution in [1.29, 1.82) is 0 Å². The number of carbonyl (C=O) groups excluding carboxylic acids is 4. The number of phosphoric ester groups is 2. The first-order chi connectivity index (χ1) is 48.4. The number of phosphoric acid groups is 2. The highest BCUT2D eigenvalue weighted by atomic mass is 31.2. The molecule has 17 nitrogen and oxygen atoms in total. The molecule has 0 heterocycles. The fourth-order valence-electron chi connectivity index (χ4n) is 12.5. The van der Waals surface area contributed by atoms with Crippen molar-refractivity contribution in [2.75, 3.05) is 39.6 Å². The largest absolute Gasteiger partial charge is 0.472 e. The van der Waals surface area contributed by atoms with E-state index in [0.717, 1.165) is 102 Å². The van der Waals surface area contributed by atoms with Crippen molar-refractivity contribution in [3.63, 3.8) is 0 Å². The minimum absolute atomic E-state index is 0.108. The summed E-state index contributed by atoms with van der Waals surface area (Å²) in [7, 11) is -9.92. The summed E-state index contributed by atoms with van der Waals surface area (Å²) in [4.78, 5) is 73.1. The molecule has 5 atom stereocenters. The van der Waals surface area contributed by atoms with Crippen molar-refractivity contribution in [3.8, 4) is 0 Å².